The van der Waals surface area contributed by atoms with E-state index in [4.69, 9.17) is 5.11 Å². The fourth-order valence-electron chi connectivity index (χ4n) is 1.57. The highest BCUT2D eigenvalue weighted by molar-refractivity contribution is 9.10. The molecule has 1 unspecified atom stereocenters. The molecule has 0 bridgehead atoms. The third-order valence-electron chi connectivity index (χ3n) is 2.65. The van der Waals surface area contributed by atoms with Crippen LogP contribution in [0.25, 0.3) is 0 Å². The van der Waals surface area contributed by atoms with Gasteiger partial charge in [-0.1, -0.05) is 28.9 Å². The van der Waals surface area contributed by atoms with Gasteiger partial charge in [-0.2, -0.15) is 0 Å². The molecule has 0 spiro atoms. The molecular formula is C12H15BrFNO2. The summed E-state index contributed by atoms with van der Waals surface area (Å²) in [5.74, 6) is -0.326. The Hall–Kier alpha value is -0.940. The topological polar surface area (TPSA) is 40.5 Å². The van der Waals surface area contributed by atoms with Gasteiger partial charge in [0.15, 0.2) is 0 Å². The highest BCUT2D eigenvalue weighted by Gasteiger charge is 2.15. The van der Waals surface area contributed by atoms with Crippen LogP contribution in [0, 0.1) is 5.82 Å². The fourth-order valence-corrected chi connectivity index (χ4v) is 2.04. The summed E-state index contributed by atoms with van der Waals surface area (Å²) < 4.78 is 13.5. The lowest BCUT2D eigenvalue weighted by Gasteiger charge is -2.26. The number of rotatable bonds is 6. The van der Waals surface area contributed by atoms with Gasteiger partial charge in [-0.15, -0.1) is 0 Å². The van der Waals surface area contributed by atoms with Crippen molar-refractivity contribution in [2.75, 3.05) is 6.61 Å². The third kappa shape index (κ3) is 3.78. The van der Waals surface area contributed by atoms with Crippen LogP contribution in [-0.2, 0) is 11.3 Å². The van der Waals surface area contributed by atoms with E-state index >= 15 is 0 Å². The molecule has 0 aliphatic heterocycles. The van der Waals surface area contributed by atoms with Crippen LogP contribution in [0.15, 0.2) is 22.7 Å². The molecule has 1 rings (SSSR count). The van der Waals surface area contributed by atoms with E-state index in [1.54, 1.807) is 6.07 Å². The van der Waals surface area contributed by atoms with Crippen molar-refractivity contribution in [3.8, 4) is 0 Å². The lowest BCUT2D eigenvalue weighted by atomic mass is 10.1. The highest BCUT2D eigenvalue weighted by Crippen LogP contribution is 2.20. The molecule has 5 heteroatoms. The van der Waals surface area contributed by atoms with Crippen molar-refractivity contribution in [3.05, 3.63) is 34.1 Å². The molecule has 0 fully saturated rings. The molecule has 0 saturated carbocycles. The number of nitrogens with zero attached hydrogens (tertiary/aromatic N) is 1. The average Bonchev–Trinajstić information content (AvgIpc) is 2.32. The predicted octanol–water partition coefficient (Wildman–Crippen LogP) is 2.32. The predicted molar refractivity (Wildman–Crippen MR) is 66.9 cm³/mol. The van der Waals surface area contributed by atoms with Crippen molar-refractivity contribution in [1.29, 1.82) is 0 Å². The van der Waals surface area contributed by atoms with Gasteiger partial charge >= 0.3 is 0 Å². The Morgan fingerprint density at radius 2 is 2.29 bits per heavy atom. The first-order valence-corrected chi connectivity index (χ1v) is 6.17. The Balaban J connectivity index is 2.83. The van der Waals surface area contributed by atoms with Gasteiger partial charge in [0.25, 0.3) is 0 Å². The molecule has 0 radical (unpaired) electrons. The maximum atomic E-state index is 12.9. The lowest BCUT2D eigenvalue weighted by molar-refractivity contribution is -0.121. The summed E-state index contributed by atoms with van der Waals surface area (Å²) in [5, 5.41) is 9.15. The molecule has 0 heterocycles. The van der Waals surface area contributed by atoms with Gasteiger partial charge < -0.3 is 10.0 Å². The third-order valence-corrected chi connectivity index (χ3v) is 3.39. The molecule has 0 aliphatic carbocycles. The van der Waals surface area contributed by atoms with Gasteiger partial charge in [0.05, 0.1) is 12.6 Å². The smallest absolute Gasteiger partial charge is 0.210 e. The van der Waals surface area contributed by atoms with Gasteiger partial charge in [-0.3, -0.25) is 4.79 Å². The second-order valence-electron chi connectivity index (χ2n) is 3.76. The molecule has 1 aromatic carbocycles. The Morgan fingerprint density at radius 3 is 2.76 bits per heavy atom. The van der Waals surface area contributed by atoms with Crippen molar-refractivity contribution >= 4 is 22.3 Å². The van der Waals surface area contributed by atoms with E-state index in [2.05, 4.69) is 15.9 Å². The zero-order valence-electron chi connectivity index (χ0n) is 9.57. The number of hydrogen-bond donors (Lipinski definition) is 1. The largest absolute Gasteiger partial charge is 0.394 e. The van der Waals surface area contributed by atoms with Crippen LogP contribution >= 0.6 is 15.9 Å². The number of hydrogen-bond acceptors (Lipinski definition) is 2. The van der Waals surface area contributed by atoms with Crippen LogP contribution < -0.4 is 0 Å². The van der Waals surface area contributed by atoms with Crippen molar-refractivity contribution in [3.63, 3.8) is 0 Å². The quantitative estimate of drug-likeness (QED) is 0.819. The zero-order valence-corrected chi connectivity index (χ0v) is 11.2. The van der Waals surface area contributed by atoms with E-state index in [0.717, 1.165) is 5.56 Å². The summed E-state index contributed by atoms with van der Waals surface area (Å²) in [6, 6.07) is 4.13. The molecule has 94 valence electrons. The minimum atomic E-state index is -0.326. The van der Waals surface area contributed by atoms with Gasteiger partial charge in [0, 0.05) is 11.0 Å². The zero-order chi connectivity index (χ0) is 12.8. The number of benzene rings is 1. The first kappa shape index (κ1) is 14.1. The monoisotopic (exact) mass is 303 g/mol. The van der Waals surface area contributed by atoms with E-state index < -0.39 is 0 Å². The van der Waals surface area contributed by atoms with Crippen LogP contribution in [0.1, 0.15) is 18.9 Å². The van der Waals surface area contributed by atoms with Crippen LogP contribution in [-0.4, -0.2) is 29.1 Å². The molecule has 17 heavy (non-hydrogen) atoms. The van der Waals surface area contributed by atoms with Crippen molar-refractivity contribution in [2.24, 2.45) is 0 Å². The molecule has 1 N–H and O–H groups in total. The molecule has 0 aromatic heterocycles. The van der Waals surface area contributed by atoms with Gasteiger partial charge in [0.1, 0.15) is 5.82 Å². The average molecular weight is 304 g/mol. The normalized spacial score (nSPS) is 12.2. The van der Waals surface area contributed by atoms with Gasteiger partial charge in [-0.05, 0) is 24.1 Å². The standard InChI is InChI=1S/C12H15BrFNO2/c1-2-11(7-16)15(8-17)6-9-3-4-10(14)5-12(9)13/h3-5,8,11,16H,2,6-7H2,1H3. The van der Waals surface area contributed by atoms with Crippen LogP contribution in [0.2, 0.25) is 0 Å². The number of halogens is 2. The minimum absolute atomic E-state index is 0.0753. The molecular weight excluding hydrogens is 289 g/mol. The van der Waals surface area contributed by atoms with Crippen molar-refractivity contribution in [1.82, 2.24) is 4.90 Å². The number of amides is 1. The summed E-state index contributed by atoms with van der Waals surface area (Å²) in [7, 11) is 0. The number of carbonyl (C=O) groups excluding carboxylic acids is 1. The molecule has 0 saturated heterocycles. The van der Waals surface area contributed by atoms with Gasteiger partial charge in [-0.25, -0.2) is 4.39 Å². The number of aliphatic hydroxyl groups excluding tert-OH is 1. The van der Waals surface area contributed by atoms with Crippen LogP contribution in [0.3, 0.4) is 0 Å². The summed E-state index contributed by atoms with van der Waals surface area (Å²) in [4.78, 5) is 12.5. The molecule has 0 aliphatic rings. The first-order chi connectivity index (χ1) is 8.12. The van der Waals surface area contributed by atoms with Crippen LogP contribution in [0.4, 0.5) is 4.39 Å². The summed E-state index contributed by atoms with van der Waals surface area (Å²) in [5.41, 5.74) is 0.811. The minimum Gasteiger partial charge on any atom is -0.394 e. The fraction of sp³-hybridized carbons (Fsp3) is 0.417. The second kappa shape index (κ2) is 6.71. The molecule has 1 aromatic rings. The van der Waals surface area contributed by atoms with E-state index in [0.29, 0.717) is 23.8 Å². The first-order valence-electron chi connectivity index (χ1n) is 5.38. The van der Waals surface area contributed by atoms with Crippen molar-refractivity contribution in [2.45, 2.75) is 25.9 Å². The van der Waals surface area contributed by atoms with Crippen molar-refractivity contribution < 1.29 is 14.3 Å². The Morgan fingerprint density at radius 1 is 1.59 bits per heavy atom. The van der Waals surface area contributed by atoms with E-state index in [1.165, 1.54) is 17.0 Å². The highest BCUT2D eigenvalue weighted by atomic mass is 79.9. The molecule has 1 atom stereocenters. The summed E-state index contributed by atoms with van der Waals surface area (Å²) in [6.45, 7) is 2.18. The maximum absolute atomic E-state index is 12.9. The second-order valence-corrected chi connectivity index (χ2v) is 4.61. The van der Waals surface area contributed by atoms with Gasteiger partial charge in [0.2, 0.25) is 6.41 Å². The molecule has 1 amide bonds. The SMILES string of the molecule is CCC(CO)N(C=O)Cc1ccc(F)cc1Br. The molecule has 3 nitrogen and oxygen atoms in total. The maximum Gasteiger partial charge on any atom is 0.210 e. The summed E-state index contributed by atoms with van der Waals surface area (Å²) in [6.07, 6.45) is 1.38. The Bertz CT molecular complexity index is 383. The lowest BCUT2D eigenvalue weighted by Crippen LogP contribution is -2.36. The van der Waals surface area contributed by atoms with Crippen LogP contribution in [0.5, 0.6) is 0 Å². The number of carbonyl (C=O) groups is 1. The summed E-state index contributed by atoms with van der Waals surface area (Å²) >= 11 is 3.25. The Kier molecular flexibility index (Phi) is 5.58. The van der Waals surface area contributed by atoms with E-state index in [1.807, 2.05) is 6.92 Å². The number of aliphatic hydroxyl groups is 1. The van der Waals surface area contributed by atoms with E-state index in [9.17, 15) is 9.18 Å². The Labute approximate surface area is 108 Å². The van der Waals surface area contributed by atoms with E-state index in [-0.39, 0.29) is 18.5 Å².